The van der Waals surface area contributed by atoms with Crippen LogP contribution in [-0.4, -0.2) is 24.6 Å². The first kappa shape index (κ1) is 12.9. The van der Waals surface area contributed by atoms with Gasteiger partial charge in [-0.15, -0.1) is 18.2 Å². The van der Waals surface area contributed by atoms with Crippen LogP contribution in [0.2, 0.25) is 0 Å². The van der Waals surface area contributed by atoms with E-state index in [-0.39, 0.29) is 0 Å². The molecule has 0 unspecified atom stereocenters. The number of nitrogens with one attached hydrogen (secondary N) is 1. The summed E-state index contributed by atoms with van der Waals surface area (Å²) in [5.41, 5.74) is 0. The molecule has 86 valence electrons. The average Bonchev–Trinajstić information content (AvgIpc) is 2.29. The highest BCUT2D eigenvalue weighted by Crippen LogP contribution is 2.25. The molecule has 0 aromatic carbocycles. The normalized spacial score (nSPS) is 17.5. The SMILES string of the molecule is C#CCSCCNCCC1CCCCC1. The predicted molar refractivity (Wildman–Crippen MR) is 70.2 cm³/mol. The first-order valence-corrected chi connectivity index (χ1v) is 7.31. The molecule has 0 aliphatic heterocycles. The van der Waals surface area contributed by atoms with Crippen LogP contribution in [0.15, 0.2) is 0 Å². The second-order valence-corrected chi connectivity index (χ2v) is 5.40. The molecule has 1 aliphatic rings. The second kappa shape index (κ2) is 9.12. The van der Waals surface area contributed by atoms with E-state index in [2.05, 4.69) is 11.2 Å². The fourth-order valence-corrected chi connectivity index (χ4v) is 2.73. The van der Waals surface area contributed by atoms with Crippen LogP contribution in [-0.2, 0) is 0 Å². The Kier molecular flexibility index (Phi) is 7.87. The molecule has 1 N–H and O–H groups in total. The molecule has 0 spiro atoms. The van der Waals surface area contributed by atoms with Crippen LogP contribution in [0.25, 0.3) is 0 Å². The van der Waals surface area contributed by atoms with E-state index in [1.54, 1.807) is 0 Å². The maximum atomic E-state index is 5.18. The zero-order valence-electron chi connectivity index (χ0n) is 9.63. The van der Waals surface area contributed by atoms with E-state index < -0.39 is 0 Å². The van der Waals surface area contributed by atoms with Crippen molar-refractivity contribution < 1.29 is 0 Å². The van der Waals surface area contributed by atoms with Crippen LogP contribution in [0, 0.1) is 18.3 Å². The van der Waals surface area contributed by atoms with E-state index in [1.807, 2.05) is 11.8 Å². The van der Waals surface area contributed by atoms with Crippen molar-refractivity contribution in [2.24, 2.45) is 5.92 Å². The van der Waals surface area contributed by atoms with Gasteiger partial charge in [-0.25, -0.2) is 0 Å². The van der Waals surface area contributed by atoms with Gasteiger partial charge in [0.25, 0.3) is 0 Å². The average molecular weight is 225 g/mol. The third-order valence-electron chi connectivity index (χ3n) is 3.06. The quantitative estimate of drug-likeness (QED) is 0.528. The zero-order chi connectivity index (χ0) is 10.8. The van der Waals surface area contributed by atoms with Gasteiger partial charge in [-0.1, -0.05) is 38.0 Å². The van der Waals surface area contributed by atoms with Gasteiger partial charge in [0, 0.05) is 12.3 Å². The summed E-state index contributed by atoms with van der Waals surface area (Å²) in [6.07, 6.45) is 13.9. The van der Waals surface area contributed by atoms with Gasteiger partial charge in [0.2, 0.25) is 0 Å². The van der Waals surface area contributed by atoms with Crippen LogP contribution in [0.1, 0.15) is 38.5 Å². The monoisotopic (exact) mass is 225 g/mol. The van der Waals surface area contributed by atoms with Crippen molar-refractivity contribution in [2.75, 3.05) is 24.6 Å². The minimum absolute atomic E-state index is 0.851. The summed E-state index contributed by atoms with van der Waals surface area (Å²) >= 11 is 1.84. The fourth-order valence-electron chi connectivity index (χ4n) is 2.18. The van der Waals surface area contributed by atoms with Crippen LogP contribution >= 0.6 is 11.8 Å². The van der Waals surface area contributed by atoms with E-state index in [0.29, 0.717) is 0 Å². The highest BCUT2D eigenvalue weighted by Gasteiger charge is 2.12. The maximum Gasteiger partial charge on any atom is 0.0545 e. The van der Waals surface area contributed by atoms with E-state index in [1.165, 1.54) is 45.1 Å². The minimum Gasteiger partial charge on any atom is -0.316 e. The largest absolute Gasteiger partial charge is 0.316 e. The highest BCUT2D eigenvalue weighted by molar-refractivity contribution is 7.99. The molecule has 0 radical (unpaired) electrons. The fraction of sp³-hybridized carbons (Fsp3) is 0.846. The number of hydrogen-bond donors (Lipinski definition) is 1. The smallest absolute Gasteiger partial charge is 0.0545 e. The highest BCUT2D eigenvalue weighted by atomic mass is 32.2. The summed E-state index contributed by atoms with van der Waals surface area (Å²) < 4.78 is 0. The Bertz CT molecular complexity index is 179. The lowest BCUT2D eigenvalue weighted by atomic mass is 9.87. The molecule has 15 heavy (non-hydrogen) atoms. The van der Waals surface area contributed by atoms with Gasteiger partial charge in [0.05, 0.1) is 5.75 Å². The van der Waals surface area contributed by atoms with E-state index >= 15 is 0 Å². The van der Waals surface area contributed by atoms with Gasteiger partial charge >= 0.3 is 0 Å². The molecule has 1 aliphatic carbocycles. The van der Waals surface area contributed by atoms with Crippen molar-refractivity contribution in [3.63, 3.8) is 0 Å². The topological polar surface area (TPSA) is 12.0 Å². The van der Waals surface area contributed by atoms with Crippen LogP contribution in [0.5, 0.6) is 0 Å². The Labute approximate surface area is 98.8 Å². The van der Waals surface area contributed by atoms with Crippen molar-refractivity contribution in [1.29, 1.82) is 0 Å². The number of rotatable bonds is 7. The third-order valence-corrected chi connectivity index (χ3v) is 3.93. The molecule has 0 aromatic rings. The van der Waals surface area contributed by atoms with Gasteiger partial charge in [-0.2, -0.15) is 0 Å². The first-order chi connectivity index (χ1) is 7.43. The number of terminal acetylenes is 1. The number of hydrogen-bond acceptors (Lipinski definition) is 2. The Morgan fingerprint density at radius 2 is 2.00 bits per heavy atom. The second-order valence-electron chi connectivity index (χ2n) is 4.30. The summed E-state index contributed by atoms with van der Waals surface area (Å²) in [4.78, 5) is 0. The van der Waals surface area contributed by atoms with Crippen molar-refractivity contribution in [2.45, 2.75) is 38.5 Å². The summed E-state index contributed by atoms with van der Waals surface area (Å²) in [6.45, 7) is 2.31. The first-order valence-electron chi connectivity index (χ1n) is 6.15. The summed E-state index contributed by atoms with van der Waals surface area (Å²) in [5, 5.41) is 3.50. The van der Waals surface area contributed by atoms with Gasteiger partial charge in [0.15, 0.2) is 0 Å². The molecule has 2 heteroatoms. The predicted octanol–water partition coefficient (Wildman–Crippen LogP) is 2.91. The molecule has 0 bridgehead atoms. The molecule has 0 heterocycles. The number of thioether (sulfide) groups is 1. The van der Waals surface area contributed by atoms with Crippen molar-refractivity contribution in [3.05, 3.63) is 0 Å². The zero-order valence-corrected chi connectivity index (χ0v) is 10.5. The molecule has 1 rings (SSSR count). The minimum atomic E-state index is 0.851. The molecule has 0 saturated heterocycles. The Morgan fingerprint density at radius 3 is 2.73 bits per heavy atom. The van der Waals surface area contributed by atoms with E-state index in [4.69, 9.17) is 6.42 Å². The standard InChI is InChI=1S/C13H23NS/c1-2-11-15-12-10-14-9-8-13-6-4-3-5-7-13/h1,13-14H,3-12H2. The molecule has 1 saturated carbocycles. The summed E-state index contributed by atoms with van der Waals surface area (Å²) in [6, 6.07) is 0. The third kappa shape index (κ3) is 6.87. The van der Waals surface area contributed by atoms with Crippen LogP contribution in [0.3, 0.4) is 0 Å². The van der Waals surface area contributed by atoms with Crippen molar-refractivity contribution in [3.8, 4) is 12.3 Å². The lowest BCUT2D eigenvalue weighted by Crippen LogP contribution is -2.21. The van der Waals surface area contributed by atoms with Gasteiger partial charge < -0.3 is 5.32 Å². The molecule has 0 amide bonds. The summed E-state index contributed by atoms with van der Waals surface area (Å²) in [7, 11) is 0. The summed E-state index contributed by atoms with van der Waals surface area (Å²) in [5.74, 6) is 5.65. The molecular weight excluding hydrogens is 202 g/mol. The molecule has 0 aromatic heterocycles. The van der Waals surface area contributed by atoms with E-state index in [0.717, 1.165) is 24.0 Å². The van der Waals surface area contributed by atoms with Crippen molar-refractivity contribution >= 4 is 11.8 Å². The Morgan fingerprint density at radius 1 is 1.20 bits per heavy atom. The van der Waals surface area contributed by atoms with Gasteiger partial charge in [-0.3, -0.25) is 0 Å². The van der Waals surface area contributed by atoms with Gasteiger partial charge in [0.1, 0.15) is 0 Å². The molecule has 1 fully saturated rings. The molecular formula is C13H23NS. The van der Waals surface area contributed by atoms with Gasteiger partial charge in [-0.05, 0) is 18.9 Å². The molecule has 0 atom stereocenters. The van der Waals surface area contributed by atoms with E-state index in [9.17, 15) is 0 Å². The van der Waals surface area contributed by atoms with Crippen LogP contribution < -0.4 is 5.32 Å². The molecule has 1 nitrogen and oxygen atoms in total. The maximum absolute atomic E-state index is 5.18. The Balaban J connectivity index is 1.82. The lowest BCUT2D eigenvalue weighted by molar-refractivity contribution is 0.335. The Hall–Kier alpha value is -0.130. The van der Waals surface area contributed by atoms with Crippen LogP contribution in [0.4, 0.5) is 0 Å². The van der Waals surface area contributed by atoms with Crippen molar-refractivity contribution in [1.82, 2.24) is 5.32 Å². The lowest BCUT2D eigenvalue weighted by Gasteiger charge is -2.21.